The van der Waals surface area contributed by atoms with E-state index >= 15 is 0 Å². The monoisotopic (exact) mass is 468 g/mol. The van der Waals surface area contributed by atoms with Crippen molar-refractivity contribution in [2.24, 2.45) is 10.7 Å². The number of nitrogens with one attached hydrogen (secondary N) is 1. The van der Waals surface area contributed by atoms with Crippen LogP contribution in [0.15, 0.2) is 23.2 Å². The summed E-state index contributed by atoms with van der Waals surface area (Å²) in [7, 11) is 3.31. The number of nitrogens with zero attached hydrogens (tertiary/aromatic N) is 2. The van der Waals surface area contributed by atoms with Crippen molar-refractivity contribution in [3.8, 4) is 5.75 Å². The van der Waals surface area contributed by atoms with Gasteiger partial charge in [-0.05, 0) is 37.6 Å². The van der Waals surface area contributed by atoms with Crippen LogP contribution in [0.25, 0.3) is 0 Å². The molecule has 24 heavy (non-hydrogen) atoms. The summed E-state index contributed by atoms with van der Waals surface area (Å²) in [5.74, 6) is 1.03. The Balaban J connectivity index is 0.00000288. The largest absolute Gasteiger partial charge is 0.495 e. The van der Waals surface area contributed by atoms with E-state index in [1.807, 2.05) is 6.07 Å². The topological polar surface area (TPSA) is 72.1 Å². The Labute approximate surface area is 165 Å². The molecule has 1 heterocycles. The van der Waals surface area contributed by atoms with Crippen molar-refractivity contribution in [1.29, 1.82) is 0 Å². The molecule has 1 aliphatic heterocycles. The molecule has 1 saturated heterocycles. The highest BCUT2D eigenvalue weighted by Gasteiger charge is 2.23. The molecule has 0 saturated carbocycles. The number of methoxy groups -OCH3 is 2. The first-order valence-electron chi connectivity index (χ1n) is 7.77. The van der Waals surface area contributed by atoms with E-state index < -0.39 is 0 Å². The van der Waals surface area contributed by atoms with Crippen LogP contribution in [0.4, 0.5) is 5.69 Å². The molecule has 0 aliphatic carbocycles. The SMILES string of the molecule is COCCN1CCCC1CN=C(N)Nc1ccc(OC)c(Cl)c1.I. The Hall–Kier alpha value is -0.770. The summed E-state index contributed by atoms with van der Waals surface area (Å²) in [6.07, 6.45) is 2.35. The Bertz CT molecular complexity index is 545. The second-order valence-corrected chi connectivity index (χ2v) is 5.93. The molecule has 2 rings (SSSR count). The van der Waals surface area contributed by atoms with Crippen LogP contribution in [-0.4, -0.2) is 57.4 Å². The number of benzene rings is 1. The van der Waals surface area contributed by atoms with Gasteiger partial charge in [-0.2, -0.15) is 0 Å². The van der Waals surface area contributed by atoms with Crippen LogP contribution in [0.1, 0.15) is 12.8 Å². The van der Waals surface area contributed by atoms with Gasteiger partial charge in [0.15, 0.2) is 5.96 Å². The summed E-state index contributed by atoms with van der Waals surface area (Å²) in [5, 5.41) is 3.59. The van der Waals surface area contributed by atoms with Gasteiger partial charge in [0.2, 0.25) is 0 Å². The van der Waals surface area contributed by atoms with Crippen LogP contribution in [0, 0.1) is 0 Å². The first-order valence-corrected chi connectivity index (χ1v) is 8.15. The summed E-state index contributed by atoms with van der Waals surface area (Å²) in [4.78, 5) is 6.87. The Morgan fingerprint density at radius 1 is 1.46 bits per heavy atom. The summed E-state index contributed by atoms with van der Waals surface area (Å²) < 4.78 is 10.3. The molecule has 1 aromatic carbocycles. The molecule has 6 nitrogen and oxygen atoms in total. The number of nitrogens with two attached hydrogens (primary N) is 1. The molecule has 0 bridgehead atoms. The van der Waals surface area contributed by atoms with E-state index in [1.165, 1.54) is 6.42 Å². The van der Waals surface area contributed by atoms with Crippen molar-refractivity contribution in [1.82, 2.24) is 4.90 Å². The first kappa shape index (κ1) is 21.3. The summed E-state index contributed by atoms with van der Waals surface area (Å²) >= 11 is 6.10. The van der Waals surface area contributed by atoms with E-state index in [-0.39, 0.29) is 24.0 Å². The minimum Gasteiger partial charge on any atom is -0.495 e. The van der Waals surface area contributed by atoms with Crippen LogP contribution in [0.3, 0.4) is 0 Å². The predicted molar refractivity (Wildman–Crippen MR) is 110 cm³/mol. The van der Waals surface area contributed by atoms with Gasteiger partial charge in [-0.1, -0.05) is 11.6 Å². The molecule has 0 aromatic heterocycles. The lowest BCUT2D eigenvalue weighted by atomic mass is 10.2. The van der Waals surface area contributed by atoms with Gasteiger partial charge in [0.1, 0.15) is 5.75 Å². The molecule has 136 valence electrons. The normalized spacial score (nSPS) is 18.3. The predicted octanol–water partition coefficient (Wildman–Crippen LogP) is 2.80. The molecule has 1 aliphatic rings. The van der Waals surface area contributed by atoms with E-state index in [1.54, 1.807) is 26.4 Å². The van der Waals surface area contributed by atoms with E-state index in [2.05, 4.69) is 15.2 Å². The molecule has 0 amide bonds. The molecular formula is C16H26ClIN4O2. The number of aliphatic imine (C=N–C) groups is 1. The lowest BCUT2D eigenvalue weighted by molar-refractivity contribution is 0.143. The minimum absolute atomic E-state index is 0. The summed E-state index contributed by atoms with van der Waals surface area (Å²) in [6, 6.07) is 5.85. The van der Waals surface area contributed by atoms with Gasteiger partial charge in [-0.25, -0.2) is 0 Å². The minimum atomic E-state index is 0. The fourth-order valence-corrected chi connectivity index (χ4v) is 3.00. The van der Waals surface area contributed by atoms with Gasteiger partial charge < -0.3 is 20.5 Å². The van der Waals surface area contributed by atoms with Crippen LogP contribution in [0.2, 0.25) is 5.02 Å². The number of likely N-dealkylation sites (tertiary alicyclic amines) is 1. The third kappa shape index (κ3) is 6.27. The number of hydrogen-bond acceptors (Lipinski definition) is 4. The second kappa shape index (κ2) is 11.0. The van der Waals surface area contributed by atoms with E-state index in [0.29, 0.717) is 29.3 Å². The fourth-order valence-electron chi connectivity index (χ4n) is 2.74. The molecule has 1 atom stereocenters. The molecule has 1 aromatic rings. The molecule has 3 N–H and O–H groups in total. The van der Waals surface area contributed by atoms with E-state index in [0.717, 1.165) is 31.8 Å². The molecule has 0 radical (unpaired) electrons. The number of hydrogen-bond donors (Lipinski definition) is 2. The molecule has 8 heteroatoms. The summed E-state index contributed by atoms with van der Waals surface area (Å²) in [5.41, 5.74) is 6.76. The molecular weight excluding hydrogens is 443 g/mol. The number of guanidine groups is 1. The fraction of sp³-hybridized carbons (Fsp3) is 0.562. The van der Waals surface area contributed by atoms with Crippen molar-refractivity contribution in [3.05, 3.63) is 23.2 Å². The maximum Gasteiger partial charge on any atom is 0.193 e. The highest BCUT2D eigenvalue weighted by molar-refractivity contribution is 14.0. The van der Waals surface area contributed by atoms with Crippen molar-refractivity contribution < 1.29 is 9.47 Å². The van der Waals surface area contributed by atoms with E-state index in [9.17, 15) is 0 Å². The third-order valence-corrected chi connectivity index (χ3v) is 4.27. The highest BCUT2D eigenvalue weighted by Crippen LogP contribution is 2.27. The maximum atomic E-state index is 6.10. The number of halogens is 2. The Morgan fingerprint density at radius 3 is 2.92 bits per heavy atom. The Morgan fingerprint density at radius 2 is 2.25 bits per heavy atom. The second-order valence-electron chi connectivity index (χ2n) is 5.53. The zero-order chi connectivity index (χ0) is 16.7. The van der Waals surface area contributed by atoms with Crippen molar-refractivity contribution in [2.75, 3.05) is 45.8 Å². The average Bonchev–Trinajstić information content (AvgIpc) is 2.98. The van der Waals surface area contributed by atoms with Gasteiger partial charge in [0.05, 0.1) is 25.3 Å². The summed E-state index contributed by atoms with van der Waals surface area (Å²) in [6.45, 7) is 3.48. The van der Waals surface area contributed by atoms with Gasteiger partial charge in [-0.3, -0.25) is 9.89 Å². The highest BCUT2D eigenvalue weighted by atomic mass is 127. The van der Waals surface area contributed by atoms with Gasteiger partial charge >= 0.3 is 0 Å². The first-order chi connectivity index (χ1) is 11.1. The Kier molecular flexibility index (Phi) is 9.72. The lowest BCUT2D eigenvalue weighted by Gasteiger charge is -2.22. The smallest absolute Gasteiger partial charge is 0.193 e. The van der Waals surface area contributed by atoms with Crippen LogP contribution < -0.4 is 15.8 Å². The molecule has 0 spiro atoms. The zero-order valence-corrected chi connectivity index (χ0v) is 17.2. The van der Waals surface area contributed by atoms with Crippen LogP contribution in [-0.2, 0) is 4.74 Å². The zero-order valence-electron chi connectivity index (χ0n) is 14.1. The average molecular weight is 469 g/mol. The maximum absolute atomic E-state index is 6.10. The van der Waals surface area contributed by atoms with Crippen molar-refractivity contribution >= 4 is 47.2 Å². The number of rotatable bonds is 7. The van der Waals surface area contributed by atoms with Gasteiger partial charge in [0.25, 0.3) is 0 Å². The number of ether oxygens (including phenoxy) is 2. The standard InChI is InChI=1S/C16H25ClN4O2.HI/c1-22-9-8-21-7-3-4-13(21)11-19-16(18)20-12-5-6-15(23-2)14(17)10-12;/h5-6,10,13H,3-4,7-9,11H2,1-2H3,(H3,18,19,20);1H. The van der Waals surface area contributed by atoms with Gasteiger partial charge in [-0.15, -0.1) is 24.0 Å². The van der Waals surface area contributed by atoms with Crippen molar-refractivity contribution in [2.45, 2.75) is 18.9 Å². The molecule has 1 unspecified atom stereocenters. The molecule has 1 fully saturated rings. The lowest BCUT2D eigenvalue weighted by Crippen LogP contribution is -2.35. The van der Waals surface area contributed by atoms with Crippen LogP contribution >= 0.6 is 35.6 Å². The van der Waals surface area contributed by atoms with Crippen LogP contribution in [0.5, 0.6) is 5.75 Å². The van der Waals surface area contributed by atoms with Crippen molar-refractivity contribution in [3.63, 3.8) is 0 Å². The number of anilines is 1. The quantitative estimate of drug-likeness (QED) is 0.366. The van der Waals surface area contributed by atoms with Gasteiger partial charge in [0, 0.05) is 25.4 Å². The third-order valence-electron chi connectivity index (χ3n) is 3.98. The van der Waals surface area contributed by atoms with E-state index in [4.69, 9.17) is 26.8 Å².